The van der Waals surface area contributed by atoms with E-state index in [1.165, 1.54) is 0 Å². The van der Waals surface area contributed by atoms with Crippen molar-refractivity contribution in [1.29, 1.82) is 0 Å². The molecule has 40 heavy (non-hydrogen) atoms. The normalized spacial score (nSPS) is 10.8. The number of hydrogen-bond donors (Lipinski definition) is 0. The predicted octanol–water partition coefficient (Wildman–Crippen LogP) is 4.83. The van der Waals surface area contributed by atoms with Crippen molar-refractivity contribution in [3.63, 3.8) is 0 Å². The SMILES string of the molecule is CCOC(=O)COc1cc(OCC(=O)OCC)c2c(C)c(Cc3ccccc3)c(=O)n(Cc3ccccc3)c2c1. The maximum Gasteiger partial charge on any atom is 0.344 e. The van der Waals surface area contributed by atoms with Crippen LogP contribution in [0.25, 0.3) is 10.9 Å². The van der Waals surface area contributed by atoms with Crippen LogP contribution >= 0.6 is 0 Å². The zero-order valence-electron chi connectivity index (χ0n) is 23.0. The molecule has 0 atom stereocenters. The minimum Gasteiger partial charge on any atom is -0.482 e. The number of aryl methyl sites for hydroxylation is 1. The first-order valence-corrected chi connectivity index (χ1v) is 13.3. The Hall–Kier alpha value is -4.59. The Morgan fingerprint density at radius 3 is 1.95 bits per heavy atom. The molecule has 208 valence electrons. The molecule has 0 bridgehead atoms. The summed E-state index contributed by atoms with van der Waals surface area (Å²) in [5.41, 5.74) is 3.71. The van der Waals surface area contributed by atoms with Crippen LogP contribution in [0.1, 0.15) is 36.1 Å². The Morgan fingerprint density at radius 2 is 1.35 bits per heavy atom. The van der Waals surface area contributed by atoms with Gasteiger partial charge in [-0.15, -0.1) is 0 Å². The number of esters is 2. The second-order valence-corrected chi connectivity index (χ2v) is 9.15. The molecule has 0 unspecified atom stereocenters. The summed E-state index contributed by atoms with van der Waals surface area (Å²) < 4.78 is 23.5. The van der Waals surface area contributed by atoms with E-state index in [0.29, 0.717) is 40.9 Å². The maximum absolute atomic E-state index is 14.1. The first-order chi connectivity index (χ1) is 19.4. The smallest absolute Gasteiger partial charge is 0.344 e. The lowest BCUT2D eigenvalue weighted by Crippen LogP contribution is -2.27. The van der Waals surface area contributed by atoms with Crippen LogP contribution in [-0.4, -0.2) is 42.9 Å². The van der Waals surface area contributed by atoms with Crippen molar-refractivity contribution in [3.8, 4) is 11.5 Å². The second-order valence-electron chi connectivity index (χ2n) is 9.15. The zero-order valence-corrected chi connectivity index (χ0v) is 23.0. The number of carbonyl (C=O) groups excluding carboxylic acids is 2. The lowest BCUT2D eigenvalue weighted by atomic mass is 9.97. The summed E-state index contributed by atoms with van der Waals surface area (Å²) in [5, 5.41) is 0.675. The molecule has 4 rings (SSSR count). The van der Waals surface area contributed by atoms with E-state index >= 15 is 0 Å². The van der Waals surface area contributed by atoms with Crippen LogP contribution in [-0.2, 0) is 32.0 Å². The van der Waals surface area contributed by atoms with Crippen LogP contribution in [0.5, 0.6) is 11.5 Å². The molecule has 3 aromatic carbocycles. The second kappa shape index (κ2) is 13.5. The Labute approximate surface area is 233 Å². The lowest BCUT2D eigenvalue weighted by Gasteiger charge is -2.20. The first-order valence-electron chi connectivity index (χ1n) is 13.3. The molecule has 1 heterocycles. The maximum atomic E-state index is 14.1. The van der Waals surface area contributed by atoms with Gasteiger partial charge >= 0.3 is 11.9 Å². The summed E-state index contributed by atoms with van der Waals surface area (Å²) in [5.74, 6) is -0.394. The fourth-order valence-electron chi connectivity index (χ4n) is 4.56. The van der Waals surface area contributed by atoms with Crippen molar-refractivity contribution in [2.24, 2.45) is 0 Å². The highest BCUT2D eigenvalue weighted by atomic mass is 16.6. The van der Waals surface area contributed by atoms with Crippen molar-refractivity contribution in [2.75, 3.05) is 26.4 Å². The molecule has 0 spiro atoms. The highest BCUT2D eigenvalue weighted by molar-refractivity contribution is 5.91. The molecule has 0 amide bonds. The van der Waals surface area contributed by atoms with Crippen LogP contribution in [0.4, 0.5) is 0 Å². The molecule has 0 N–H and O–H groups in total. The molecule has 0 aliphatic carbocycles. The van der Waals surface area contributed by atoms with Crippen LogP contribution in [0.15, 0.2) is 77.6 Å². The third-order valence-electron chi connectivity index (χ3n) is 6.40. The number of fused-ring (bicyclic) bond motifs is 1. The minimum atomic E-state index is -0.521. The van der Waals surface area contributed by atoms with Gasteiger partial charge in [0.2, 0.25) is 0 Å². The summed E-state index contributed by atoms with van der Waals surface area (Å²) in [6.07, 6.45) is 0.425. The molecular formula is C32H33NO7. The number of carbonyl (C=O) groups is 2. The third-order valence-corrected chi connectivity index (χ3v) is 6.40. The largest absolute Gasteiger partial charge is 0.482 e. The van der Waals surface area contributed by atoms with Crippen molar-refractivity contribution in [3.05, 3.63) is 105 Å². The Kier molecular flexibility index (Phi) is 9.57. The van der Waals surface area contributed by atoms with Crippen LogP contribution in [0, 0.1) is 6.92 Å². The molecule has 8 heteroatoms. The third kappa shape index (κ3) is 6.88. The van der Waals surface area contributed by atoms with Gasteiger partial charge in [0.05, 0.1) is 25.3 Å². The number of rotatable bonds is 12. The fourth-order valence-corrected chi connectivity index (χ4v) is 4.56. The number of pyridine rings is 1. The summed E-state index contributed by atoms with van der Waals surface area (Å²) in [6, 6.07) is 22.8. The van der Waals surface area contributed by atoms with Crippen LogP contribution in [0.3, 0.4) is 0 Å². The van der Waals surface area contributed by atoms with Gasteiger partial charge in [0.15, 0.2) is 13.2 Å². The summed E-state index contributed by atoms with van der Waals surface area (Å²) in [4.78, 5) is 38.2. The van der Waals surface area contributed by atoms with Crippen molar-refractivity contribution < 1.29 is 28.5 Å². The Morgan fingerprint density at radius 1 is 0.775 bits per heavy atom. The van der Waals surface area contributed by atoms with Gasteiger partial charge in [-0.3, -0.25) is 4.79 Å². The minimum absolute atomic E-state index is 0.142. The number of aromatic nitrogens is 1. The summed E-state index contributed by atoms with van der Waals surface area (Å²) in [6.45, 7) is 5.44. The van der Waals surface area contributed by atoms with Crippen molar-refractivity contribution in [2.45, 2.75) is 33.7 Å². The molecule has 1 aromatic heterocycles. The van der Waals surface area contributed by atoms with E-state index in [2.05, 4.69) is 0 Å². The van der Waals surface area contributed by atoms with Gasteiger partial charge in [-0.05, 0) is 37.5 Å². The van der Waals surface area contributed by atoms with Gasteiger partial charge < -0.3 is 23.5 Å². The number of nitrogens with zero attached hydrogens (tertiary/aromatic N) is 1. The van der Waals surface area contributed by atoms with E-state index in [1.807, 2.05) is 67.6 Å². The highest BCUT2D eigenvalue weighted by Gasteiger charge is 2.21. The van der Waals surface area contributed by atoms with E-state index in [9.17, 15) is 14.4 Å². The summed E-state index contributed by atoms with van der Waals surface area (Å²) >= 11 is 0. The standard InChI is InChI=1S/C32H33NO7/c1-4-37-29(34)20-39-25-17-27-31(28(18-25)40-21-30(35)38-5-2)22(3)26(16-23-12-8-6-9-13-23)32(36)33(27)19-24-14-10-7-11-15-24/h6-15,17-18H,4-5,16,19-21H2,1-3H3. The predicted molar refractivity (Wildman–Crippen MR) is 152 cm³/mol. The monoisotopic (exact) mass is 543 g/mol. The number of ether oxygens (including phenoxy) is 4. The van der Waals surface area contributed by atoms with Gasteiger partial charge in [-0.1, -0.05) is 60.7 Å². The van der Waals surface area contributed by atoms with Gasteiger partial charge in [0, 0.05) is 29.5 Å². The molecular weight excluding hydrogens is 510 g/mol. The topological polar surface area (TPSA) is 93.1 Å². The van der Waals surface area contributed by atoms with Gasteiger partial charge in [0.25, 0.3) is 5.56 Å². The highest BCUT2D eigenvalue weighted by Crippen LogP contribution is 2.35. The molecule has 4 aromatic rings. The number of benzene rings is 3. The Balaban J connectivity index is 1.91. The fraction of sp³-hybridized carbons (Fsp3) is 0.281. The van der Waals surface area contributed by atoms with Gasteiger partial charge in [-0.25, -0.2) is 9.59 Å². The average molecular weight is 544 g/mol. The molecule has 0 saturated heterocycles. The zero-order chi connectivity index (χ0) is 28.5. The Bertz CT molecular complexity index is 1530. The average Bonchev–Trinajstić information content (AvgIpc) is 2.96. The lowest BCUT2D eigenvalue weighted by molar-refractivity contribution is -0.146. The molecule has 0 fully saturated rings. The van der Waals surface area contributed by atoms with E-state index in [-0.39, 0.29) is 32.0 Å². The van der Waals surface area contributed by atoms with Crippen molar-refractivity contribution in [1.82, 2.24) is 4.57 Å². The van der Waals surface area contributed by atoms with Gasteiger partial charge in [-0.2, -0.15) is 0 Å². The van der Waals surface area contributed by atoms with Crippen molar-refractivity contribution >= 4 is 22.8 Å². The molecule has 0 saturated carbocycles. The van der Waals surface area contributed by atoms with E-state index in [4.69, 9.17) is 18.9 Å². The van der Waals surface area contributed by atoms with E-state index in [1.54, 1.807) is 30.5 Å². The van der Waals surface area contributed by atoms with Gasteiger partial charge in [0.1, 0.15) is 11.5 Å². The van der Waals surface area contributed by atoms with E-state index in [0.717, 1.165) is 16.7 Å². The molecule has 0 aliphatic rings. The molecule has 0 aliphatic heterocycles. The van der Waals surface area contributed by atoms with E-state index < -0.39 is 11.9 Å². The quantitative estimate of drug-likeness (QED) is 0.236. The molecule has 0 radical (unpaired) electrons. The molecule has 8 nitrogen and oxygen atoms in total. The number of hydrogen-bond acceptors (Lipinski definition) is 7. The van der Waals surface area contributed by atoms with Crippen LogP contribution < -0.4 is 15.0 Å². The first kappa shape index (κ1) is 28.4. The van der Waals surface area contributed by atoms with Crippen LogP contribution in [0.2, 0.25) is 0 Å². The summed E-state index contributed by atoms with van der Waals surface area (Å²) in [7, 11) is 0.